The lowest BCUT2D eigenvalue weighted by Crippen LogP contribution is -2.33. The zero-order valence-electron chi connectivity index (χ0n) is 9.53. The molecule has 1 aliphatic rings. The molecule has 2 heterocycles. The zero-order chi connectivity index (χ0) is 11.4. The van der Waals surface area contributed by atoms with Gasteiger partial charge in [0, 0.05) is 37.8 Å². The Balaban J connectivity index is 2.16. The number of anilines is 1. The summed E-state index contributed by atoms with van der Waals surface area (Å²) in [6.45, 7) is 3.80. The van der Waals surface area contributed by atoms with Crippen LogP contribution in [0.1, 0.15) is 12.0 Å². The Labute approximate surface area is 95.2 Å². The number of pyridine rings is 1. The monoisotopic (exact) mass is 224 g/mol. The Bertz CT molecular complexity index is 346. The van der Waals surface area contributed by atoms with Crippen molar-refractivity contribution in [3.05, 3.63) is 24.0 Å². The molecule has 1 aliphatic heterocycles. The smallest absolute Gasteiger partial charge is 0.117 e. The largest absolute Gasteiger partial charge is 0.374 e. The van der Waals surface area contributed by atoms with Gasteiger partial charge in [-0.3, -0.25) is 4.98 Å². The highest BCUT2D eigenvalue weighted by Crippen LogP contribution is 2.21. The molecule has 0 aromatic carbocycles. The third-order valence-corrected chi connectivity index (χ3v) is 2.85. The van der Waals surface area contributed by atoms with Gasteiger partial charge in [-0.15, -0.1) is 0 Å². The van der Waals surface area contributed by atoms with Crippen molar-refractivity contribution in [2.45, 2.75) is 19.4 Å². The lowest BCUT2D eigenvalue weighted by molar-refractivity contribution is 0.0508. The summed E-state index contributed by atoms with van der Waals surface area (Å²) in [5.41, 5.74) is 2.26. The highest BCUT2D eigenvalue weighted by Gasteiger charge is 2.19. The summed E-state index contributed by atoms with van der Waals surface area (Å²) < 4.78 is 18.1. The molecule has 0 spiro atoms. The van der Waals surface area contributed by atoms with Crippen molar-refractivity contribution in [2.24, 2.45) is 0 Å². The van der Waals surface area contributed by atoms with Crippen LogP contribution in [0.25, 0.3) is 0 Å². The second kappa shape index (κ2) is 5.25. The van der Waals surface area contributed by atoms with Gasteiger partial charge in [0.15, 0.2) is 0 Å². The Morgan fingerprint density at radius 1 is 1.62 bits per heavy atom. The van der Waals surface area contributed by atoms with Gasteiger partial charge in [-0.05, 0) is 25.0 Å². The number of rotatable bonds is 2. The van der Waals surface area contributed by atoms with Gasteiger partial charge in [0.2, 0.25) is 0 Å². The topological polar surface area (TPSA) is 25.4 Å². The third-order valence-electron chi connectivity index (χ3n) is 2.85. The molecule has 2 rings (SSSR count). The molecule has 0 amide bonds. The van der Waals surface area contributed by atoms with Crippen LogP contribution in [0, 0.1) is 6.92 Å². The summed E-state index contributed by atoms with van der Waals surface area (Å²) in [4.78, 5) is 6.26. The molecule has 3 nitrogen and oxygen atoms in total. The lowest BCUT2D eigenvalue weighted by atomic mass is 10.2. The summed E-state index contributed by atoms with van der Waals surface area (Å²) in [5.74, 6) is 0. The van der Waals surface area contributed by atoms with Gasteiger partial charge in [0.25, 0.3) is 0 Å². The molecule has 1 fully saturated rings. The normalized spacial score (nSPS) is 21.9. The van der Waals surface area contributed by atoms with E-state index in [4.69, 9.17) is 4.74 Å². The summed E-state index contributed by atoms with van der Waals surface area (Å²) in [5, 5.41) is 0. The van der Waals surface area contributed by atoms with E-state index in [1.165, 1.54) is 0 Å². The van der Waals surface area contributed by atoms with Crippen LogP contribution < -0.4 is 4.90 Å². The number of hydrogen-bond donors (Lipinski definition) is 0. The van der Waals surface area contributed by atoms with Crippen molar-refractivity contribution in [1.82, 2.24) is 4.98 Å². The number of hydrogen-bond acceptors (Lipinski definition) is 3. The van der Waals surface area contributed by atoms with Crippen molar-refractivity contribution in [3.8, 4) is 0 Å². The minimum absolute atomic E-state index is 0.296. The van der Waals surface area contributed by atoms with Crippen molar-refractivity contribution in [3.63, 3.8) is 0 Å². The minimum atomic E-state index is -0.416. The van der Waals surface area contributed by atoms with Gasteiger partial charge in [-0.1, -0.05) is 0 Å². The Kier molecular flexibility index (Phi) is 3.72. The first kappa shape index (κ1) is 11.3. The molecule has 1 aromatic rings. The van der Waals surface area contributed by atoms with Crippen molar-refractivity contribution in [1.29, 1.82) is 0 Å². The van der Waals surface area contributed by atoms with Gasteiger partial charge in [0.05, 0.1) is 0 Å². The molecule has 16 heavy (non-hydrogen) atoms. The molecule has 1 aromatic heterocycles. The Morgan fingerprint density at radius 2 is 2.50 bits per heavy atom. The minimum Gasteiger partial charge on any atom is -0.374 e. The average Bonchev–Trinajstić information content (AvgIpc) is 2.55. The molecule has 0 N–H and O–H groups in total. The van der Waals surface area contributed by atoms with E-state index in [0.29, 0.717) is 13.2 Å². The van der Waals surface area contributed by atoms with Crippen LogP contribution in [0.2, 0.25) is 0 Å². The van der Waals surface area contributed by atoms with Gasteiger partial charge in [-0.2, -0.15) is 0 Å². The van der Waals surface area contributed by atoms with Crippen LogP contribution in [-0.2, 0) is 4.74 Å². The maximum absolute atomic E-state index is 12.7. The molecule has 0 aliphatic carbocycles. The molecule has 1 saturated heterocycles. The van der Waals surface area contributed by atoms with Crippen LogP contribution in [0.15, 0.2) is 18.5 Å². The van der Waals surface area contributed by atoms with E-state index in [9.17, 15) is 4.39 Å². The maximum atomic E-state index is 12.7. The number of alkyl halides is 1. The van der Waals surface area contributed by atoms with E-state index in [1.807, 2.05) is 19.2 Å². The second-order valence-electron chi connectivity index (χ2n) is 4.11. The van der Waals surface area contributed by atoms with Gasteiger partial charge in [0.1, 0.15) is 12.8 Å². The standard InChI is InChI=1S/C12H17FN2O/c1-10-8-14-4-3-12(10)15-5-2-6-16-11(7-13)9-15/h3-4,8,11H,2,5-7,9H2,1H3/t11-/m0/s1. The highest BCUT2D eigenvalue weighted by atomic mass is 19.1. The highest BCUT2D eigenvalue weighted by molar-refractivity contribution is 5.51. The molecule has 0 unspecified atom stereocenters. The van der Waals surface area contributed by atoms with Gasteiger partial charge < -0.3 is 9.64 Å². The van der Waals surface area contributed by atoms with E-state index < -0.39 is 6.67 Å². The molecule has 88 valence electrons. The molecule has 0 bridgehead atoms. The Morgan fingerprint density at radius 3 is 3.25 bits per heavy atom. The summed E-state index contributed by atoms with van der Waals surface area (Å²) in [6, 6.07) is 1.98. The number of aryl methyl sites for hydroxylation is 1. The predicted molar refractivity (Wildman–Crippen MR) is 61.5 cm³/mol. The SMILES string of the molecule is Cc1cnccc1N1CCCO[C@@H](CF)C1. The van der Waals surface area contributed by atoms with Crippen LogP contribution in [-0.4, -0.2) is 37.5 Å². The Hall–Kier alpha value is -1.16. The first-order valence-electron chi connectivity index (χ1n) is 5.64. The number of halogens is 1. The first-order valence-corrected chi connectivity index (χ1v) is 5.64. The van der Waals surface area contributed by atoms with Crippen LogP contribution >= 0.6 is 0 Å². The van der Waals surface area contributed by atoms with Crippen molar-refractivity contribution < 1.29 is 9.13 Å². The fourth-order valence-electron chi connectivity index (χ4n) is 2.03. The van der Waals surface area contributed by atoms with Crippen molar-refractivity contribution in [2.75, 3.05) is 31.3 Å². The van der Waals surface area contributed by atoms with E-state index in [0.717, 1.165) is 24.2 Å². The molecule has 0 radical (unpaired) electrons. The third kappa shape index (κ3) is 2.50. The van der Waals surface area contributed by atoms with Crippen molar-refractivity contribution >= 4 is 5.69 Å². The quantitative estimate of drug-likeness (QED) is 0.767. The number of ether oxygens (including phenoxy) is 1. The van der Waals surface area contributed by atoms with Gasteiger partial charge >= 0.3 is 0 Å². The van der Waals surface area contributed by atoms with E-state index in [1.54, 1.807) is 6.20 Å². The van der Waals surface area contributed by atoms with E-state index >= 15 is 0 Å². The van der Waals surface area contributed by atoms with Crippen LogP contribution in [0.4, 0.5) is 10.1 Å². The fourth-order valence-corrected chi connectivity index (χ4v) is 2.03. The predicted octanol–water partition coefficient (Wildman–Crippen LogP) is 1.95. The van der Waals surface area contributed by atoms with E-state index in [-0.39, 0.29) is 6.10 Å². The molecule has 4 heteroatoms. The zero-order valence-corrected chi connectivity index (χ0v) is 9.53. The maximum Gasteiger partial charge on any atom is 0.117 e. The molecular weight excluding hydrogens is 207 g/mol. The molecule has 1 atom stereocenters. The fraction of sp³-hybridized carbons (Fsp3) is 0.583. The number of aromatic nitrogens is 1. The molecular formula is C12H17FN2O. The van der Waals surface area contributed by atoms with Crippen LogP contribution in [0.5, 0.6) is 0 Å². The lowest BCUT2D eigenvalue weighted by Gasteiger charge is -2.26. The average molecular weight is 224 g/mol. The van der Waals surface area contributed by atoms with Gasteiger partial charge in [-0.25, -0.2) is 4.39 Å². The summed E-state index contributed by atoms with van der Waals surface area (Å²) >= 11 is 0. The summed E-state index contributed by atoms with van der Waals surface area (Å²) in [7, 11) is 0. The summed E-state index contributed by atoms with van der Waals surface area (Å²) in [6.07, 6.45) is 4.26. The molecule has 0 saturated carbocycles. The van der Waals surface area contributed by atoms with Crippen LogP contribution in [0.3, 0.4) is 0 Å². The number of nitrogens with zero attached hydrogens (tertiary/aromatic N) is 2. The second-order valence-corrected chi connectivity index (χ2v) is 4.11. The van der Waals surface area contributed by atoms with E-state index in [2.05, 4.69) is 9.88 Å². The first-order chi connectivity index (χ1) is 7.81.